The van der Waals surface area contributed by atoms with Gasteiger partial charge in [0.1, 0.15) is 19.0 Å². The molecule has 0 radical (unpaired) electrons. The Balaban J connectivity index is 0.788. The first-order chi connectivity index (χ1) is 30.5. The third-order valence-corrected chi connectivity index (χ3v) is 9.24. The maximum absolute atomic E-state index is 12.6. The highest BCUT2D eigenvalue weighted by atomic mass is 16.6. The van der Waals surface area contributed by atoms with Gasteiger partial charge >= 0.3 is 6.09 Å². The second-order valence-corrected chi connectivity index (χ2v) is 13.9. The Hall–Kier alpha value is -4.20. The van der Waals surface area contributed by atoms with E-state index in [-0.39, 0.29) is 17.9 Å². The molecule has 0 spiro atoms. The van der Waals surface area contributed by atoms with Crippen molar-refractivity contribution in [2.24, 2.45) is 0 Å². The second-order valence-electron chi connectivity index (χ2n) is 13.9. The standard InChI is InChI=1S/C46H66N2O14/c1-38(49)47-39-11-13-40(14-12-39)61-36-35-60-34-33-59-32-31-58-30-29-57-28-27-56-26-25-55-24-23-54-22-21-53-20-19-52-18-17-51-16-15-48(2)46(50)62-37-45-43-9-5-3-7-41(43)42-8-4-6-10-44(42)45/h3-14,45H,15-37H2,1-2H3,(H,47,49). The van der Waals surface area contributed by atoms with Crippen molar-refractivity contribution < 1.29 is 66.4 Å². The molecule has 16 heteroatoms. The normalized spacial score (nSPS) is 12.0. The lowest BCUT2D eigenvalue weighted by Gasteiger charge is -2.19. The number of nitrogens with one attached hydrogen (secondary N) is 1. The molecule has 0 aliphatic heterocycles. The summed E-state index contributed by atoms with van der Waals surface area (Å²) in [6.07, 6.45) is -0.368. The van der Waals surface area contributed by atoms with Crippen LogP contribution in [0, 0.1) is 0 Å². The number of hydrogen-bond acceptors (Lipinski definition) is 14. The van der Waals surface area contributed by atoms with Crippen LogP contribution in [0.15, 0.2) is 72.8 Å². The van der Waals surface area contributed by atoms with Crippen LogP contribution in [0.3, 0.4) is 0 Å². The lowest BCUT2D eigenvalue weighted by molar-refractivity contribution is -0.114. The van der Waals surface area contributed by atoms with E-state index in [0.29, 0.717) is 158 Å². The van der Waals surface area contributed by atoms with Gasteiger partial charge in [0, 0.05) is 32.1 Å². The van der Waals surface area contributed by atoms with Crippen molar-refractivity contribution in [1.29, 1.82) is 0 Å². The minimum atomic E-state index is -0.368. The molecule has 2 amide bonds. The number of hydrogen-bond donors (Lipinski definition) is 1. The Morgan fingerprint density at radius 3 is 1.23 bits per heavy atom. The van der Waals surface area contributed by atoms with Crippen LogP contribution in [-0.4, -0.2) is 176 Å². The molecule has 62 heavy (non-hydrogen) atoms. The van der Waals surface area contributed by atoms with Gasteiger partial charge in [-0.15, -0.1) is 0 Å². The van der Waals surface area contributed by atoms with E-state index in [1.165, 1.54) is 34.1 Å². The number of amides is 2. The first-order valence-electron chi connectivity index (χ1n) is 21.4. The topological polar surface area (TPSA) is 160 Å². The summed E-state index contributed by atoms with van der Waals surface area (Å²) in [6.45, 7) is 11.9. The molecule has 4 rings (SSSR count). The van der Waals surface area contributed by atoms with Gasteiger partial charge in [0.25, 0.3) is 0 Å². The van der Waals surface area contributed by atoms with E-state index in [1.807, 2.05) is 24.3 Å². The van der Waals surface area contributed by atoms with Gasteiger partial charge in [0.05, 0.1) is 132 Å². The predicted molar refractivity (Wildman–Crippen MR) is 232 cm³/mol. The van der Waals surface area contributed by atoms with Gasteiger partial charge in [0.15, 0.2) is 0 Å². The fourth-order valence-electron chi connectivity index (χ4n) is 6.13. The smallest absolute Gasteiger partial charge is 0.409 e. The summed E-state index contributed by atoms with van der Waals surface area (Å²) < 4.78 is 66.6. The Morgan fingerprint density at radius 1 is 0.484 bits per heavy atom. The molecule has 344 valence electrons. The summed E-state index contributed by atoms with van der Waals surface area (Å²) in [5.74, 6) is 0.633. The molecule has 16 nitrogen and oxygen atoms in total. The minimum absolute atomic E-state index is 0.0335. The number of benzene rings is 3. The van der Waals surface area contributed by atoms with Crippen LogP contribution in [0.25, 0.3) is 11.1 Å². The van der Waals surface area contributed by atoms with Crippen molar-refractivity contribution >= 4 is 17.7 Å². The zero-order valence-corrected chi connectivity index (χ0v) is 36.4. The number of fused-ring (bicyclic) bond motifs is 3. The van der Waals surface area contributed by atoms with Crippen molar-refractivity contribution in [3.8, 4) is 16.9 Å². The lowest BCUT2D eigenvalue weighted by atomic mass is 9.98. The zero-order valence-electron chi connectivity index (χ0n) is 36.4. The second kappa shape index (κ2) is 32.5. The molecule has 0 bridgehead atoms. The Labute approximate surface area is 366 Å². The minimum Gasteiger partial charge on any atom is -0.491 e. The van der Waals surface area contributed by atoms with Crippen molar-refractivity contribution in [3.05, 3.63) is 83.9 Å². The molecule has 1 aliphatic rings. The van der Waals surface area contributed by atoms with E-state index in [0.717, 1.165) is 5.69 Å². The molecule has 1 aliphatic carbocycles. The Bertz CT molecular complexity index is 1590. The van der Waals surface area contributed by atoms with Gasteiger partial charge in [-0.1, -0.05) is 48.5 Å². The van der Waals surface area contributed by atoms with Crippen molar-refractivity contribution in [3.63, 3.8) is 0 Å². The van der Waals surface area contributed by atoms with Crippen LogP contribution >= 0.6 is 0 Å². The first-order valence-corrected chi connectivity index (χ1v) is 21.4. The fourth-order valence-corrected chi connectivity index (χ4v) is 6.13. The van der Waals surface area contributed by atoms with Gasteiger partial charge < -0.3 is 67.1 Å². The van der Waals surface area contributed by atoms with Gasteiger partial charge in [-0.05, 0) is 46.5 Å². The zero-order chi connectivity index (χ0) is 43.7. The third kappa shape index (κ3) is 21.3. The molecule has 1 N–H and O–H groups in total. The largest absolute Gasteiger partial charge is 0.491 e. The van der Waals surface area contributed by atoms with E-state index >= 15 is 0 Å². The average molecular weight is 871 g/mol. The Morgan fingerprint density at radius 2 is 0.839 bits per heavy atom. The van der Waals surface area contributed by atoms with Gasteiger partial charge in [-0.2, -0.15) is 0 Å². The molecule has 3 aromatic carbocycles. The van der Waals surface area contributed by atoms with Gasteiger partial charge in [-0.25, -0.2) is 4.79 Å². The number of carbonyl (C=O) groups excluding carboxylic acids is 2. The maximum Gasteiger partial charge on any atom is 0.409 e. The Kier molecular flexibility index (Phi) is 26.4. The van der Waals surface area contributed by atoms with Crippen LogP contribution in [0.2, 0.25) is 0 Å². The molecule has 0 fully saturated rings. The fraction of sp³-hybridized carbons (Fsp3) is 0.565. The third-order valence-electron chi connectivity index (χ3n) is 9.24. The van der Waals surface area contributed by atoms with E-state index in [9.17, 15) is 9.59 Å². The molecule has 0 aromatic heterocycles. The first kappa shape index (κ1) is 50.4. The maximum atomic E-state index is 12.6. The van der Waals surface area contributed by atoms with Gasteiger partial charge in [-0.3, -0.25) is 4.79 Å². The molecule has 0 saturated heterocycles. The van der Waals surface area contributed by atoms with Crippen LogP contribution in [0.4, 0.5) is 10.5 Å². The molecule has 0 unspecified atom stereocenters. The summed E-state index contributed by atoms with van der Waals surface area (Å²) in [5, 5.41) is 2.71. The molecular weight excluding hydrogens is 805 g/mol. The van der Waals surface area contributed by atoms with Crippen molar-refractivity contribution in [1.82, 2.24) is 4.90 Å². The van der Waals surface area contributed by atoms with Crippen LogP contribution in [0.5, 0.6) is 5.75 Å². The highest BCUT2D eigenvalue weighted by Crippen LogP contribution is 2.44. The summed E-state index contributed by atoms with van der Waals surface area (Å²) >= 11 is 0. The summed E-state index contributed by atoms with van der Waals surface area (Å²) in [7, 11) is 1.71. The summed E-state index contributed by atoms with van der Waals surface area (Å²) in [5.41, 5.74) is 5.51. The highest BCUT2D eigenvalue weighted by Gasteiger charge is 2.29. The predicted octanol–water partition coefficient (Wildman–Crippen LogP) is 5.07. The van der Waals surface area contributed by atoms with Crippen LogP contribution in [0.1, 0.15) is 24.0 Å². The monoisotopic (exact) mass is 870 g/mol. The van der Waals surface area contributed by atoms with E-state index in [4.69, 9.17) is 56.8 Å². The lowest BCUT2D eigenvalue weighted by Crippen LogP contribution is -2.32. The quantitative estimate of drug-likeness (QED) is 0.0766. The highest BCUT2D eigenvalue weighted by molar-refractivity contribution is 5.88. The number of rotatable bonds is 37. The van der Waals surface area contributed by atoms with Crippen LogP contribution < -0.4 is 10.1 Å². The molecule has 0 saturated carbocycles. The van der Waals surface area contributed by atoms with E-state index in [2.05, 4.69) is 29.6 Å². The molecular formula is C46H66N2O14. The van der Waals surface area contributed by atoms with E-state index in [1.54, 1.807) is 31.3 Å². The summed E-state index contributed by atoms with van der Waals surface area (Å²) in [6, 6.07) is 23.7. The number of ether oxygens (including phenoxy) is 12. The van der Waals surface area contributed by atoms with Crippen molar-refractivity contribution in [2.45, 2.75) is 12.8 Å². The van der Waals surface area contributed by atoms with Crippen LogP contribution in [-0.2, 0) is 56.9 Å². The summed E-state index contributed by atoms with van der Waals surface area (Å²) in [4.78, 5) is 25.2. The van der Waals surface area contributed by atoms with E-state index < -0.39 is 0 Å². The van der Waals surface area contributed by atoms with Crippen molar-refractivity contribution in [2.75, 3.05) is 164 Å². The number of nitrogens with zero attached hydrogens (tertiary/aromatic N) is 1. The van der Waals surface area contributed by atoms with Gasteiger partial charge in [0.2, 0.25) is 5.91 Å². The molecule has 0 atom stereocenters. The number of anilines is 1. The average Bonchev–Trinajstić information content (AvgIpc) is 3.60. The SMILES string of the molecule is CC(=O)Nc1ccc(OCCOCCOCCOCCOCCOCCOCCOCCOCCOCCOCCN(C)C(=O)OCC2c3ccccc3-c3ccccc32)cc1. The molecule has 3 aromatic rings. The number of carbonyl (C=O) groups is 2. The number of likely N-dealkylation sites (N-methyl/N-ethyl adjacent to an activating group) is 1. The molecule has 0 heterocycles.